The minimum Gasteiger partial charge on any atom is -0.486 e. The second kappa shape index (κ2) is 8.13. The maximum Gasteiger partial charge on any atom is 0.315 e. The molecule has 1 aliphatic rings. The molecule has 0 fully saturated rings. The zero-order valence-electron chi connectivity index (χ0n) is 15.5. The van der Waals surface area contributed by atoms with Crippen LogP contribution in [0.3, 0.4) is 0 Å². The average Bonchev–Trinajstić information content (AvgIpc) is 2.65. The Morgan fingerprint density at radius 3 is 2.42 bits per heavy atom. The number of carbonyl (C=O) groups is 1. The van der Waals surface area contributed by atoms with Crippen LogP contribution in [0.15, 0.2) is 42.5 Å². The number of carbonyl (C=O) groups excluding carboxylic acids is 1. The lowest BCUT2D eigenvalue weighted by molar-refractivity contribution is 0.171. The first-order valence-electron chi connectivity index (χ1n) is 9.02. The van der Waals surface area contributed by atoms with Gasteiger partial charge in [0.05, 0.1) is 6.04 Å². The van der Waals surface area contributed by atoms with Crippen LogP contribution in [-0.4, -0.2) is 19.2 Å². The molecule has 0 aliphatic carbocycles. The fourth-order valence-corrected chi connectivity index (χ4v) is 2.97. The molecule has 1 atom stereocenters. The van der Waals surface area contributed by atoms with Gasteiger partial charge in [0.25, 0.3) is 0 Å². The number of fused-ring (bicyclic) bond motifs is 1. The van der Waals surface area contributed by atoms with Crippen LogP contribution in [0.25, 0.3) is 0 Å². The molecule has 0 bridgehead atoms. The maximum atomic E-state index is 12.4. The topological polar surface area (TPSA) is 59.6 Å². The van der Waals surface area contributed by atoms with Gasteiger partial charge >= 0.3 is 6.03 Å². The highest BCUT2D eigenvalue weighted by Gasteiger charge is 2.21. The van der Waals surface area contributed by atoms with Crippen molar-refractivity contribution in [2.24, 2.45) is 5.92 Å². The monoisotopic (exact) mass is 354 g/mol. The Morgan fingerprint density at radius 1 is 1.04 bits per heavy atom. The van der Waals surface area contributed by atoms with Crippen molar-refractivity contribution >= 4 is 6.03 Å². The average molecular weight is 354 g/mol. The van der Waals surface area contributed by atoms with Gasteiger partial charge in [0, 0.05) is 6.54 Å². The predicted octanol–water partition coefficient (Wildman–Crippen LogP) is 3.96. The van der Waals surface area contributed by atoms with Crippen molar-refractivity contribution in [3.8, 4) is 11.5 Å². The first-order chi connectivity index (χ1) is 12.5. The Bertz CT molecular complexity index is 756. The molecule has 0 saturated heterocycles. The third-order valence-electron chi connectivity index (χ3n) is 4.45. The third kappa shape index (κ3) is 4.48. The quantitative estimate of drug-likeness (QED) is 0.854. The highest BCUT2D eigenvalue weighted by Crippen LogP contribution is 2.34. The van der Waals surface area contributed by atoms with E-state index in [1.807, 2.05) is 49.4 Å². The molecule has 0 spiro atoms. The molecule has 0 saturated carbocycles. The van der Waals surface area contributed by atoms with Crippen LogP contribution in [0.2, 0.25) is 0 Å². The molecule has 3 rings (SSSR count). The SMILES string of the molecule is Cc1ccc(CNC(=O)N[C@H](c2ccc3c(c2)OCCO3)C(C)C)cc1. The van der Waals surface area contributed by atoms with Crippen LogP contribution in [0.1, 0.15) is 36.6 Å². The van der Waals surface area contributed by atoms with Crippen molar-refractivity contribution in [3.05, 3.63) is 59.2 Å². The van der Waals surface area contributed by atoms with Crippen molar-refractivity contribution in [1.29, 1.82) is 0 Å². The summed E-state index contributed by atoms with van der Waals surface area (Å²) in [5.74, 6) is 1.73. The molecular weight excluding hydrogens is 328 g/mol. The van der Waals surface area contributed by atoms with Crippen LogP contribution < -0.4 is 20.1 Å². The lowest BCUT2D eigenvalue weighted by atomic mass is 9.95. The van der Waals surface area contributed by atoms with Crippen LogP contribution in [0.4, 0.5) is 4.79 Å². The molecule has 2 aromatic rings. The molecule has 2 aromatic carbocycles. The van der Waals surface area contributed by atoms with Gasteiger partial charge in [-0.25, -0.2) is 4.79 Å². The van der Waals surface area contributed by atoms with Crippen LogP contribution >= 0.6 is 0 Å². The predicted molar refractivity (Wildman–Crippen MR) is 102 cm³/mol. The summed E-state index contributed by atoms with van der Waals surface area (Å²) >= 11 is 0. The lowest BCUT2D eigenvalue weighted by Crippen LogP contribution is -2.39. The van der Waals surface area contributed by atoms with Gasteiger partial charge in [0.2, 0.25) is 0 Å². The van der Waals surface area contributed by atoms with Crippen molar-refractivity contribution < 1.29 is 14.3 Å². The molecule has 0 unspecified atom stereocenters. The van der Waals surface area contributed by atoms with Crippen LogP contribution in [0, 0.1) is 12.8 Å². The summed E-state index contributed by atoms with van der Waals surface area (Å²) in [7, 11) is 0. The summed E-state index contributed by atoms with van der Waals surface area (Å²) < 4.78 is 11.2. The van der Waals surface area contributed by atoms with Gasteiger partial charge in [-0.2, -0.15) is 0 Å². The number of ether oxygens (including phenoxy) is 2. The van der Waals surface area contributed by atoms with Gasteiger partial charge in [-0.1, -0.05) is 49.7 Å². The normalized spacial score (nSPS) is 14.0. The van der Waals surface area contributed by atoms with Gasteiger partial charge in [-0.15, -0.1) is 0 Å². The Kier molecular flexibility index (Phi) is 5.66. The van der Waals surface area contributed by atoms with Gasteiger partial charge in [-0.05, 0) is 36.1 Å². The number of benzene rings is 2. The number of aryl methyl sites for hydroxylation is 1. The molecule has 2 amide bonds. The van der Waals surface area contributed by atoms with E-state index in [1.165, 1.54) is 5.56 Å². The third-order valence-corrected chi connectivity index (χ3v) is 4.45. The fraction of sp³-hybridized carbons (Fsp3) is 0.381. The number of urea groups is 1. The first kappa shape index (κ1) is 18.1. The standard InChI is InChI=1S/C21H26N2O3/c1-14(2)20(17-8-9-18-19(12-17)26-11-10-25-18)23-21(24)22-13-16-6-4-15(3)5-7-16/h4-9,12,14,20H,10-11,13H2,1-3H3,(H2,22,23,24)/t20-/m0/s1. The van der Waals surface area contributed by atoms with Crippen LogP contribution in [-0.2, 0) is 6.54 Å². The highest BCUT2D eigenvalue weighted by molar-refractivity contribution is 5.74. The largest absolute Gasteiger partial charge is 0.486 e. The summed E-state index contributed by atoms with van der Waals surface area (Å²) in [4.78, 5) is 12.4. The van der Waals surface area contributed by atoms with E-state index in [9.17, 15) is 4.79 Å². The molecule has 1 heterocycles. The smallest absolute Gasteiger partial charge is 0.315 e. The molecule has 0 aromatic heterocycles. The van der Waals surface area contributed by atoms with Crippen molar-refractivity contribution in [1.82, 2.24) is 10.6 Å². The van der Waals surface area contributed by atoms with Crippen molar-refractivity contribution in [2.45, 2.75) is 33.4 Å². The number of hydrogen-bond acceptors (Lipinski definition) is 3. The number of rotatable bonds is 5. The molecule has 2 N–H and O–H groups in total. The van der Waals surface area contributed by atoms with E-state index in [4.69, 9.17) is 9.47 Å². The minimum absolute atomic E-state index is 0.108. The van der Waals surface area contributed by atoms with Gasteiger partial charge in [-0.3, -0.25) is 0 Å². The van der Waals surface area contributed by atoms with E-state index >= 15 is 0 Å². The zero-order chi connectivity index (χ0) is 18.5. The van der Waals surface area contributed by atoms with E-state index in [0.29, 0.717) is 19.8 Å². The second-order valence-corrected chi connectivity index (χ2v) is 6.94. The molecule has 26 heavy (non-hydrogen) atoms. The zero-order valence-corrected chi connectivity index (χ0v) is 15.5. The Labute approximate surface area is 154 Å². The Hall–Kier alpha value is -2.69. The van der Waals surface area contributed by atoms with Gasteiger partial charge < -0.3 is 20.1 Å². The molecule has 138 valence electrons. The lowest BCUT2D eigenvalue weighted by Gasteiger charge is -2.25. The molecule has 0 radical (unpaired) electrons. The van der Waals surface area contributed by atoms with E-state index in [2.05, 4.69) is 24.5 Å². The summed E-state index contributed by atoms with van der Waals surface area (Å²) in [5, 5.41) is 6.00. The summed E-state index contributed by atoms with van der Waals surface area (Å²) in [5.41, 5.74) is 3.29. The van der Waals surface area contributed by atoms with E-state index in [-0.39, 0.29) is 18.0 Å². The highest BCUT2D eigenvalue weighted by atomic mass is 16.6. The van der Waals surface area contributed by atoms with Crippen molar-refractivity contribution in [2.75, 3.05) is 13.2 Å². The summed E-state index contributed by atoms with van der Waals surface area (Å²) in [6.45, 7) is 7.83. The van der Waals surface area contributed by atoms with E-state index in [0.717, 1.165) is 22.6 Å². The van der Waals surface area contributed by atoms with Gasteiger partial charge in [0.15, 0.2) is 11.5 Å². The maximum absolute atomic E-state index is 12.4. The molecule has 5 heteroatoms. The fourth-order valence-electron chi connectivity index (χ4n) is 2.97. The molecule has 5 nitrogen and oxygen atoms in total. The number of amides is 2. The summed E-state index contributed by atoms with van der Waals surface area (Å²) in [6.07, 6.45) is 0. The Balaban J connectivity index is 1.64. The Morgan fingerprint density at radius 2 is 1.73 bits per heavy atom. The summed E-state index contributed by atoms with van der Waals surface area (Å²) in [6, 6.07) is 13.7. The number of hydrogen-bond donors (Lipinski definition) is 2. The van der Waals surface area contributed by atoms with Crippen LogP contribution in [0.5, 0.6) is 11.5 Å². The van der Waals surface area contributed by atoms with E-state index in [1.54, 1.807) is 0 Å². The minimum atomic E-state index is -0.181. The molecule has 1 aliphatic heterocycles. The second-order valence-electron chi connectivity index (χ2n) is 6.94. The van der Waals surface area contributed by atoms with Gasteiger partial charge in [0.1, 0.15) is 13.2 Å². The van der Waals surface area contributed by atoms with E-state index < -0.39 is 0 Å². The molecular formula is C21H26N2O3. The number of nitrogens with one attached hydrogen (secondary N) is 2. The first-order valence-corrected chi connectivity index (χ1v) is 9.02. The van der Waals surface area contributed by atoms with Crippen molar-refractivity contribution in [3.63, 3.8) is 0 Å².